The van der Waals surface area contributed by atoms with E-state index in [9.17, 15) is 4.79 Å². The monoisotopic (exact) mass is 399 g/mol. The van der Waals surface area contributed by atoms with E-state index in [1.54, 1.807) is 11.8 Å². The maximum atomic E-state index is 12.8. The van der Waals surface area contributed by atoms with Crippen molar-refractivity contribution in [2.45, 2.75) is 24.0 Å². The van der Waals surface area contributed by atoms with Crippen molar-refractivity contribution in [3.8, 4) is 11.3 Å². The standard InChI is InChI=1S/C21H29N5OS/c1-3-25-11-13-26(14-12-25)10-6-9-22-21(27)19-17-15-28-18-8-5-4-7-16(18)20(17)24(2)23-19/h4-5,7-8H,3,6,9-15H2,1-2H3,(H,22,27). The van der Waals surface area contributed by atoms with E-state index in [0.717, 1.165) is 62.7 Å². The van der Waals surface area contributed by atoms with Gasteiger partial charge < -0.3 is 15.1 Å². The molecule has 0 saturated carbocycles. The van der Waals surface area contributed by atoms with Crippen LogP contribution in [0.15, 0.2) is 29.2 Å². The summed E-state index contributed by atoms with van der Waals surface area (Å²) in [6, 6.07) is 8.35. The summed E-state index contributed by atoms with van der Waals surface area (Å²) < 4.78 is 1.86. The van der Waals surface area contributed by atoms with Crippen molar-refractivity contribution in [3.05, 3.63) is 35.5 Å². The van der Waals surface area contributed by atoms with Gasteiger partial charge in [-0.3, -0.25) is 9.48 Å². The second-order valence-electron chi connectivity index (χ2n) is 7.47. The Bertz CT molecular complexity index is 841. The average Bonchev–Trinajstić information content (AvgIpc) is 3.08. The number of nitrogens with one attached hydrogen (secondary N) is 1. The molecule has 1 fully saturated rings. The predicted octanol–water partition coefficient (Wildman–Crippen LogP) is 2.45. The van der Waals surface area contributed by atoms with Gasteiger partial charge in [0, 0.05) is 61.5 Å². The molecule has 4 rings (SSSR count). The molecule has 28 heavy (non-hydrogen) atoms. The first-order valence-electron chi connectivity index (χ1n) is 10.2. The molecule has 0 spiro atoms. The van der Waals surface area contributed by atoms with Crippen LogP contribution in [-0.4, -0.2) is 71.3 Å². The smallest absolute Gasteiger partial charge is 0.272 e. The molecule has 0 bridgehead atoms. The van der Waals surface area contributed by atoms with Gasteiger partial charge in [0.05, 0.1) is 5.69 Å². The van der Waals surface area contributed by atoms with Gasteiger partial charge in [-0.05, 0) is 25.6 Å². The van der Waals surface area contributed by atoms with Gasteiger partial charge >= 0.3 is 0 Å². The molecule has 6 nitrogen and oxygen atoms in total. The van der Waals surface area contributed by atoms with Gasteiger partial charge in [-0.1, -0.05) is 25.1 Å². The molecule has 0 radical (unpaired) electrons. The van der Waals surface area contributed by atoms with E-state index >= 15 is 0 Å². The highest BCUT2D eigenvalue weighted by Gasteiger charge is 2.27. The lowest BCUT2D eigenvalue weighted by Crippen LogP contribution is -2.46. The van der Waals surface area contributed by atoms with Crippen LogP contribution in [0, 0.1) is 0 Å². The number of amides is 1. The molecule has 1 N–H and O–H groups in total. The first-order chi connectivity index (χ1) is 13.7. The number of piperazine rings is 1. The summed E-state index contributed by atoms with van der Waals surface area (Å²) in [5.41, 5.74) is 3.89. The molecule has 2 aliphatic rings. The van der Waals surface area contributed by atoms with Crippen molar-refractivity contribution < 1.29 is 4.79 Å². The minimum absolute atomic E-state index is 0.0485. The van der Waals surface area contributed by atoms with E-state index in [1.807, 2.05) is 17.8 Å². The van der Waals surface area contributed by atoms with Gasteiger partial charge in [0.25, 0.3) is 5.91 Å². The van der Waals surface area contributed by atoms with Crippen LogP contribution in [-0.2, 0) is 12.8 Å². The van der Waals surface area contributed by atoms with Crippen LogP contribution in [0.3, 0.4) is 0 Å². The Kier molecular flexibility index (Phi) is 6.04. The number of carbonyl (C=O) groups excluding carboxylic acids is 1. The second-order valence-corrected chi connectivity index (χ2v) is 8.49. The van der Waals surface area contributed by atoms with Crippen LogP contribution in [0.2, 0.25) is 0 Å². The van der Waals surface area contributed by atoms with Gasteiger partial charge in [0.1, 0.15) is 0 Å². The van der Waals surface area contributed by atoms with Crippen LogP contribution in [0.4, 0.5) is 0 Å². The lowest BCUT2D eigenvalue weighted by Gasteiger charge is -2.33. The third-order valence-corrected chi connectivity index (χ3v) is 6.82. The van der Waals surface area contributed by atoms with Gasteiger partial charge in [-0.15, -0.1) is 11.8 Å². The zero-order valence-corrected chi connectivity index (χ0v) is 17.6. The van der Waals surface area contributed by atoms with Gasteiger partial charge in [-0.25, -0.2) is 0 Å². The van der Waals surface area contributed by atoms with Gasteiger partial charge in [-0.2, -0.15) is 5.10 Å². The number of aromatic nitrogens is 2. The van der Waals surface area contributed by atoms with Crippen molar-refractivity contribution >= 4 is 17.7 Å². The van der Waals surface area contributed by atoms with Crippen molar-refractivity contribution in [1.29, 1.82) is 0 Å². The summed E-state index contributed by atoms with van der Waals surface area (Å²) in [4.78, 5) is 19.0. The fourth-order valence-corrected chi connectivity index (χ4v) is 5.15. The minimum atomic E-state index is -0.0485. The second kappa shape index (κ2) is 8.68. The lowest BCUT2D eigenvalue weighted by atomic mass is 10.1. The highest BCUT2D eigenvalue weighted by atomic mass is 32.2. The normalized spacial score (nSPS) is 17.2. The summed E-state index contributed by atoms with van der Waals surface area (Å²) in [7, 11) is 1.93. The fourth-order valence-electron chi connectivity index (χ4n) is 4.08. The summed E-state index contributed by atoms with van der Waals surface area (Å²) in [6.45, 7) is 9.67. The number of rotatable bonds is 6. The Balaban J connectivity index is 1.33. The average molecular weight is 400 g/mol. The molecule has 3 heterocycles. The molecule has 1 aromatic carbocycles. The van der Waals surface area contributed by atoms with Crippen molar-refractivity contribution in [2.24, 2.45) is 7.05 Å². The van der Waals surface area contributed by atoms with Crippen LogP contribution in [0.25, 0.3) is 11.3 Å². The summed E-state index contributed by atoms with van der Waals surface area (Å²) >= 11 is 1.78. The zero-order chi connectivity index (χ0) is 19.5. The zero-order valence-electron chi connectivity index (χ0n) is 16.8. The molecule has 1 aromatic heterocycles. The molecule has 7 heteroatoms. The highest BCUT2D eigenvalue weighted by molar-refractivity contribution is 7.98. The third kappa shape index (κ3) is 3.97. The number of hydrogen-bond donors (Lipinski definition) is 1. The molecule has 1 amide bonds. The molecular formula is C21H29N5OS. The number of thioether (sulfide) groups is 1. The van der Waals surface area contributed by atoms with Crippen molar-refractivity contribution in [3.63, 3.8) is 0 Å². The number of benzene rings is 1. The summed E-state index contributed by atoms with van der Waals surface area (Å²) in [6.07, 6.45) is 0.977. The van der Waals surface area contributed by atoms with Crippen molar-refractivity contribution in [1.82, 2.24) is 24.9 Å². The summed E-state index contributed by atoms with van der Waals surface area (Å²) in [5.74, 6) is 0.748. The topological polar surface area (TPSA) is 53.4 Å². The molecule has 150 valence electrons. The van der Waals surface area contributed by atoms with Gasteiger partial charge in [0.15, 0.2) is 5.69 Å². The number of carbonyl (C=O) groups is 1. The van der Waals surface area contributed by atoms with Crippen molar-refractivity contribution in [2.75, 3.05) is 45.8 Å². The SMILES string of the molecule is CCN1CCN(CCCNC(=O)c2nn(C)c3c2CSc2ccccc2-3)CC1. The maximum Gasteiger partial charge on any atom is 0.272 e. The van der Waals surface area contributed by atoms with E-state index in [4.69, 9.17) is 0 Å². The first-order valence-corrected chi connectivity index (χ1v) is 11.2. The largest absolute Gasteiger partial charge is 0.351 e. The number of nitrogens with zero attached hydrogens (tertiary/aromatic N) is 4. The molecule has 2 aliphatic heterocycles. The van der Waals surface area contributed by atoms with Gasteiger partial charge in [0.2, 0.25) is 0 Å². The van der Waals surface area contributed by atoms with E-state index in [2.05, 4.69) is 45.3 Å². The third-order valence-electron chi connectivity index (χ3n) is 5.72. The van der Waals surface area contributed by atoms with Crippen LogP contribution in [0.1, 0.15) is 29.4 Å². The van der Waals surface area contributed by atoms with E-state index in [0.29, 0.717) is 12.2 Å². The number of fused-ring (bicyclic) bond motifs is 3. The molecule has 0 aliphatic carbocycles. The number of likely N-dealkylation sites (N-methyl/N-ethyl adjacent to an activating group) is 1. The molecule has 1 saturated heterocycles. The Morgan fingerprint density at radius 1 is 1.18 bits per heavy atom. The Labute approximate surface area is 171 Å². The Morgan fingerprint density at radius 3 is 2.71 bits per heavy atom. The molecule has 2 aromatic rings. The lowest BCUT2D eigenvalue weighted by molar-refractivity contribution is 0.0942. The molecular weight excluding hydrogens is 370 g/mol. The fraction of sp³-hybridized carbons (Fsp3) is 0.524. The van der Waals surface area contributed by atoms with Crippen LogP contribution >= 0.6 is 11.8 Å². The molecule has 0 unspecified atom stereocenters. The van der Waals surface area contributed by atoms with Crippen LogP contribution < -0.4 is 5.32 Å². The summed E-state index contributed by atoms with van der Waals surface area (Å²) in [5, 5.41) is 7.64. The van der Waals surface area contributed by atoms with Crippen LogP contribution in [0.5, 0.6) is 0 Å². The number of aryl methyl sites for hydroxylation is 1. The quantitative estimate of drug-likeness (QED) is 0.756. The maximum absolute atomic E-state index is 12.8. The minimum Gasteiger partial charge on any atom is -0.351 e. The highest BCUT2D eigenvalue weighted by Crippen LogP contribution is 2.42. The van der Waals surface area contributed by atoms with E-state index in [-0.39, 0.29) is 5.91 Å². The first kappa shape index (κ1) is 19.5. The Morgan fingerprint density at radius 2 is 1.93 bits per heavy atom. The van der Waals surface area contributed by atoms with E-state index in [1.165, 1.54) is 10.5 Å². The number of hydrogen-bond acceptors (Lipinski definition) is 5. The Hall–Kier alpha value is -1.83. The predicted molar refractivity (Wildman–Crippen MR) is 114 cm³/mol. The van der Waals surface area contributed by atoms with E-state index < -0.39 is 0 Å². The molecule has 0 atom stereocenters.